The van der Waals surface area contributed by atoms with Gasteiger partial charge in [0.2, 0.25) is 0 Å². The maximum Gasteiger partial charge on any atom is 0.101 e. The minimum absolute atomic E-state index is 0.0150. The number of aromatic nitrogens is 1. The highest BCUT2D eigenvalue weighted by Gasteiger charge is 2.09. The van der Waals surface area contributed by atoms with Crippen LogP contribution in [0.2, 0.25) is 0 Å². The van der Waals surface area contributed by atoms with Gasteiger partial charge in [0, 0.05) is 11.6 Å². The van der Waals surface area contributed by atoms with Crippen LogP contribution in [0.15, 0.2) is 48.7 Å². The fourth-order valence-corrected chi connectivity index (χ4v) is 2.62. The standard InChI is InChI=1S/C18H14N2O/c1-12-7-13(11-21)9-15(8-12)16-5-4-14(10-19)18-17(16)3-2-6-20-18/h2-9,21H,11H2,1H3. The van der Waals surface area contributed by atoms with Crippen LogP contribution in [-0.2, 0) is 6.61 Å². The zero-order chi connectivity index (χ0) is 14.8. The molecule has 1 heterocycles. The van der Waals surface area contributed by atoms with Crippen molar-refractivity contribution < 1.29 is 5.11 Å². The number of benzene rings is 2. The number of nitrogens with zero attached hydrogens (tertiary/aromatic N) is 2. The molecule has 0 fully saturated rings. The van der Waals surface area contributed by atoms with E-state index >= 15 is 0 Å². The second kappa shape index (κ2) is 5.35. The Balaban J connectivity index is 2.31. The van der Waals surface area contributed by atoms with Crippen molar-refractivity contribution in [2.75, 3.05) is 0 Å². The van der Waals surface area contributed by atoms with Crippen molar-refractivity contribution in [3.05, 3.63) is 65.4 Å². The van der Waals surface area contributed by atoms with Crippen LogP contribution >= 0.6 is 0 Å². The van der Waals surface area contributed by atoms with Crippen LogP contribution in [-0.4, -0.2) is 10.1 Å². The molecular formula is C18H14N2O. The van der Waals surface area contributed by atoms with Crippen molar-refractivity contribution in [1.82, 2.24) is 4.98 Å². The van der Waals surface area contributed by atoms with E-state index in [2.05, 4.69) is 17.1 Å². The van der Waals surface area contributed by atoms with Gasteiger partial charge in [0.05, 0.1) is 17.7 Å². The Bertz CT molecular complexity index is 863. The van der Waals surface area contributed by atoms with E-state index in [-0.39, 0.29) is 6.61 Å². The maximum atomic E-state index is 9.37. The summed E-state index contributed by atoms with van der Waals surface area (Å²) in [5, 5.41) is 19.5. The number of hydrogen-bond donors (Lipinski definition) is 1. The predicted molar refractivity (Wildman–Crippen MR) is 82.6 cm³/mol. The molecule has 0 unspecified atom stereocenters. The van der Waals surface area contributed by atoms with Crippen LogP contribution < -0.4 is 0 Å². The Morgan fingerprint density at radius 2 is 2.05 bits per heavy atom. The predicted octanol–water partition coefficient (Wildman–Crippen LogP) is 3.57. The summed E-state index contributed by atoms with van der Waals surface area (Å²) < 4.78 is 0. The summed E-state index contributed by atoms with van der Waals surface area (Å²) in [5.74, 6) is 0. The summed E-state index contributed by atoms with van der Waals surface area (Å²) in [7, 11) is 0. The molecule has 0 spiro atoms. The van der Waals surface area contributed by atoms with Gasteiger partial charge in [0.25, 0.3) is 0 Å². The molecule has 102 valence electrons. The third-order valence-corrected chi connectivity index (χ3v) is 3.52. The Kier molecular flexibility index (Phi) is 3.39. The van der Waals surface area contributed by atoms with Crippen LogP contribution in [0.1, 0.15) is 16.7 Å². The number of aliphatic hydroxyl groups is 1. The molecule has 0 aliphatic heterocycles. The van der Waals surface area contributed by atoms with Crippen molar-refractivity contribution in [2.45, 2.75) is 13.5 Å². The number of aryl methyl sites for hydroxylation is 1. The minimum Gasteiger partial charge on any atom is -0.392 e. The van der Waals surface area contributed by atoms with Crippen LogP contribution in [0.3, 0.4) is 0 Å². The van der Waals surface area contributed by atoms with Crippen LogP contribution in [0, 0.1) is 18.3 Å². The van der Waals surface area contributed by atoms with Gasteiger partial charge in [-0.3, -0.25) is 4.98 Å². The smallest absolute Gasteiger partial charge is 0.101 e. The molecule has 0 saturated carbocycles. The fraction of sp³-hybridized carbons (Fsp3) is 0.111. The molecule has 3 nitrogen and oxygen atoms in total. The van der Waals surface area contributed by atoms with Crippen molar-refractivity contribution in [3.63, 3.8) is 0 Å². The van der Waals surface area contributed by atoms with Gasteiger partial charge in [-0.1, -0.05) is 29.8 Å². The molecule has 0 atom stereocenters. The molecule has 0 saturated heterocycles. The van der Waals surface area contributed by atoms with Gasteiger partial charge >= 0.3 is 0 Å². The van der Waals surface area contributed by atoms with Gasteiger partial charge in [0.1, 0.15) is 6.07 Å². The van der Waals surface area contributed by atoms with E-state index < -0.39 is 0 Å². The normalized spacial score (nSPS) is 10.5. The van der Waals surface area contributed by atoms with E-state index in [0.29, 0.717) is 11.1 Å². The molecule has 3 heteroatoms. The van der Waals surface area contributed by atoms with E-state index in [1.54, 1.807) is 12.3 Å². The number of nitriles is 1. The Morgan fingerprint density at radius 3 is 2.81 bits per heavy atom. The molecule has 0 radical (unpaired) electrons. The summed E-state index contributed by atoms with van der Waals surface area (Å²) >= 11 is 0. The van der Waals surface area contributed by atoms with Gasteiger partial charge in [-0.05, 0) is 41.8 Å². The maximum absolute atomic E-state index is 9.37. The van der Waals surface area contributed by atoms with Crippen molar-refractivity contribution in [3.8, 4) is 17.2 Å². The zero-order valence-electron chi connectivity index (χ0n) is 11.7. The molecule has 2 aromatic carbocycles. The molecule has 0 amide bonds. The van der Waals surface area contributed by atoms with Crippen molar-refractivity contribution >= 4 is 10.9 Å². The fourth-order valence-electron chi connectivity index (χ4n) is 2.62. The van der Waals surface area contributed by atoms with E-state index in [4.69, 9.17) is 0 Å². The molecule has 1 aromatic heterocycles. The molecule has 21 heavy (non-hydrogen) atoms. The van der Waals surface area contributed by atoms with Gasteiger partial charge in [-0.15, -0.1) is 0 Å². The Hall–Kier alpha value is -2.70. The van der Waals surface area contributed by atoms with Crippen molar-refractivity contribution in [1.29, 1.82) is 5.26 Å². The van der Waals surface area contributed by atoms with Crippen LogP contribution in [0.25, 0.3) is 22.0 Å². The topological polar surface area (TPSA) is 56.9 Å². The largest absolute Gasteiger partial charge is 0.392 e. The third-order valence-electron chi connectivity index (χ3n) is 3.52. The number of aliphatic hydroxyl groups excluding tert-OH is 1. The second-order valence-corrected chi connectivity index (χ2v) is 5.04. The molecule has 0 bridgehead atoms. The highest BCUT2D eigenvalue weighted by Crippen LogP contribution is 2.30. The zero-order valence-corrected chi connectivity index (χ0v) is 11.7. The minimum atomic E-state index is 0.0150. The molecule has 0 aliphatic carbocycles. The first kappa shape index (κ1) is 13.3. The number of pyridine rings is 1. The first-order valence-electron chi connectivity index (χ1n) is 6.72. The Labute approximate surface area is 123 Å². The third kappa shape index (κ3) is 2.37. The summed E-state index contributed by atoms with van der Waals surface area (Å²) in [4.78, 5) is 4.33. The van der Waals surface area contributed by atoms with Gasteiger partial charge in [0.15, 0.2) is 0 Å². The molecule has 3 aromatic rings. The average Bonchev–Trinajstić information content (AvgIpc) is 2.53. The first-order valence-corrected chi connectivity index (χ1v) is 6.72. The van der Waals surface area contributed by atoms with Gasteiger partial charge in [-0.25, -0.2) is 0 Å². The molecule has 3 rings (SSSR count). The summed E-state index contributed by atoms with van der Waals surface area (Å²) in [6.45, 7) is 2.02. The summed E-state index contributed by atoms with van der Waals surface area (Å²) in [6, 6.07) is 15.8. The Morgan fingerprint density at radius 1 is 1.19 bits per heavy atom. The molecule has 1 N–H and O–H groups in total. The van der Waals surface area contributed by atoms with Crippen molar-refractivity contribution in [2.24, 2.45) is 0 Å². The number of hydrogen-bond acceptors (Lipinski definition) is 3. The highest BCUT2D eigenvalue weighted by atomic mass is 16.3. The van der Waals surface area contributed by atoms with E-state index in [1.807, 2.05) is 37.3 Å². The summed E-state index contributed by atoms with van der Waals surface area (Å²) in [5.41, 5.74) is 5.32. The van der Waals surface area contributed by atoms with Gasteiger partial charge in [-0.2, -0.15) is 5.26 Å². The number of rotatable bonds is 2. The lowest BCUT2D eigenvalue weighted by Gasteiger charge is -2.10. The van der Waals surface area contributed by atoms with E-state index in [9.17, 15) is 10.4 Å². The first-order chi connectivity index (χ1) is 10.2. The highest BCUT2D eigenvalue weighted by molar-refractivity contribution is 5.97. The monoisotopic (exact) mass is 274 g/mol. The SMILES string of the molecule is Cc1cc(CO)cc(-c2ccc(C#N)c3ncccc23)c1. The molecule has 0 aliphatic rings. The van der Waals surface area contributed by atoms with Crippen LogP contribution in [0.4, 0.5) is 0 Å². The molecular weight excluding hydrogens is 260 g/mol. The quantitative estimate of drug-likeness (QED) is 0.777. The van der Waals surface area contributed by atoms with Crippen LogP contribution in [0.5, 0.6) is 0 Å². The lowest BCUT2D eigenvalue weighted by molar-refractivity contribution is 0.282. The lowest BCUT2D eigenvalue weighted by atomic mass is 9.95. The van der Waals surface area contributed by atoms with E-state index in [0.717, 1.165) is 27.6 Å². The van der Waals surface area contributed by atoms with E-state index in [1.165, 1.54) is 0 Å². The second-order valence-electron chi connectivity index (χ2n) is 5.04. The average molecular weight is 274 g/mol. The summed E-state index contributed by atoms with van der Waals surface area (Å²) in [6.07, 6.45) is 1.70. The number of fused-ring (bicyclic) bond motifs is 1. The lowest BCUT2D eigenvalue weighted by Crippen LogP contribution is -1.91. The van der Waals surface area contributed by atoms with Gasteiger partial charge < -0.3 is 5.11 Å².